The molecule has 3 aliphatic rings. The number of thioether (sulfide) groups is 1. The zero-order chi connectivity index (χ0) is 21.2. The van der Waals surface area contributed by atoms with E-state index in [1.165, 1.54) is 47.4 Å². The molecule has 2 heterocycles. The molecule has 2 aliphatic heterocycles. The number of nitrogens with one attached hydrogen (secondary N) is 1. The maximum atomic E-state index is 13.1. The molecule has 4 nitrogen and oxygen atoms in total. The largest absolute Gasteiger partial charge is 0.369 e. The van der Waals surface area contributed by atoms with E-state index >= 15 is 0 Å². The standard InChI is InChI=1S/C25H30FN3OS/c26-20-7-9-21(10-8-20)29-14-12-28(13-15-29)11-3-6-23-25(30)27-22-16-18-4-1-2-5-19(18)17-24(22)31-23/h7-10,16-17,23H,1-6,11-15H2,(H,27,30). The highest BCUT2D eigenvalue weighted by atomic mass is 32.2. The lowest BCUT2D eigenvalue weighted by Gasteiger charge is -2.36. The zero-order valence-corrected chi connectivity index (χ0v) is 18.7. The van der Waals surface area contributed by atoms with E-state index in [0.29, 0.717) is 0 Å². The third-order valence-corrected chi connectivity index (χ3v) is 8.09. The van der Waals surface area contributed by atoms with E-state index in [4.69, 9.17) is 0 Å². The summed E-state index contributed by atoms with van der Waals surface area (Å²) < 4.78 is 13.1. The van der Waals surface area contributed by atoms with Gasteiger partial charge in [-0.25, -0.2) is 4.39 Å². The van der Waals surface area contributed by atoms with Crippen molar-refractivity contribution in [3.63, 3.8) is 0 Å². The number of hydrogen-bond acceptors (Lipinski definition) is 4. The smallest absolute Gasteiger partial charge is 0.237 e. The second kappa shape index (κ2) is 9.21. The Hall–Kier alpha value is -2.05. The Kier molecular flexibility index (Phi) is 6.19. The van der Waals surface area contributed by atoms with Crippen molar-refractivity contribution in [3.8, 4) is 0 Å². The van der Waals surface area contributed by atoms with Crippen molar-refractivity contribution in [1.82, 2.24) is 4.90 Å². The molecule has 1 fully saturated rings. The second-order valence-corrected chi connectivity index (χ2v) is 10.1. The number of benzene rings is 2. The lowest BCUT2D eigenvalue weighted by Crippen LogP contribution is -2.46. The molecule has 164 valence electrons. The Bertz CT molecular complexity index is 941. The Morgan fingerprint density at radius 2 is 1.71 bits per heavy atom. The van der Waals surface area contributed by atoms with Gasteiger partial charge in [-0.3, -0.25) is 9.69 Å². The van der Waals surface area contributed by atoms with Gasteiger partial charge in [-0.2, -0.15) is 0 Å². The number of aryl methyl sites for hydroxylation is 2. The Morgan fingerprint density at radius 3 is 2.45 bits per heavy atom. The van der Waals surface area contributed by atoms with Crippen LogP contribution in [0.1, 0.15) is 36.8 Å². The van der Waals surface area contributed by atoms with Gasteiger partial charge in [-0.1, -0.05) is 0 Å². The van der Waals surface area contributed by atoms with Crippen LogP contribution >= 0.6 is 11.8 Å². The van der Waals surface area contributed by atoms with E-state index in [-0.39, 0.29) is 17.0 Å². The highest BCUT2D eigenvalue weighted by Gasteiger charge is 2.28. The van der Waals surface area contributed by atoms with Crippen LogP contribution in [0.5, 0.6) is 0 Å². The number of carbonyl (C=O) groups is 1. The molecule has 1 amide bonds. The highest BCUT2D eigenvalue weighted by molar-refractivity contribution is 8.01. The predicted octanol–water partition coefficient (Wildman–Crippen LogP) is 4.72. The third kappa shape index (κ3) is 4.75. The minimum absolute atomic E-state index is 0.00893. The number of fused-ring (bicyclic) bond motifs is 2. The maximum Gasteiger partial charge on any atom is 0.237 e. The van der Waals surface area contributed by atoms with Crippen LogP contribution in [0.15, 0.2) is 41.3 Å². The SMILES string of the molecule is O=C1Nc2cc3c(cc2SC1CCCN1CCN(c2ccc(F)cc2)CC1)CCCC3. The van der Waals surface area contributed by atoms with Crippen LogP contribution in [0.2, 0.25) is 0 Å². The molecule has 2 aromatic carbocycles. The Balaban J connectivity index is 1.10. The summed E-state index contributed by atoms with van der Waals surface area (Å²) >= 11 is 1.75. The van der Waals surface area contributed by atoms with Gasteiger partial charge in [0.05, 0.1) is 10.9 Å². The molecule has 1 saturated heterocycles. The second-order valence-electron chi connectivity index (χ2n) is 8.87. The molecule has 1 N–H and O–H groups in total. The van der Waals surface area contributed by atoms with Gasteiger partial charge in [-0.15, -0.1) is 11.8 Å². The van der Waals surface area contributed by atoms with Crippen molar-refractivity contribution < 1.29 is 9.18 Å². The first kappa shape index (κ1) is 20.8. The van der Waals surface area contributed by atoms with Gasteiger partial charge in [0.15, 0.2) is 0 Å². The van der Waals surface area contributed by atoms with Gasteiger partial charge < -0.3 is 10.2 Å². The fourth-order valence-electron chi connectivity index (χ4n) is 4.95. The van der Waals surface area contributed by atoms with Crippen molar-refractivity contribution >= 4 is 29.0 Å². The van der Waals surface area contributed by atoms with Crippen molar-refractivity contribution in [2.24, 2.45) is 0 Å². The van der Waals surface area contributed by atoms with Gasteiger partial charge in [0.2, 0.25) is 5.91 Å². The summed E-state index contributed by atoms with van der Waals surface area (Å²) in [5.41, 5.74) is 5.01. The molecule has 1 aliphatic carbocycles. The molecular weight excluding hydrogens is 409 g/mol. The number of amides is 1. The van der Waals surface area contributed by atoms with Gasteiger partial charge in [-0.05, 0) is 92.6 Å². The average molecular weight is 440 g/mol. The quantitative estimate of drug-likeness (QED) is 0.731. The Labute approximate surface area is 188 Å². The molecule has 1 unspecified atom stereocenters. The van der Waals surface area contributed by atoms with Gasteiger partial charge >= 0.3 is 0 Å². The van der Waals surface area contributed by atoms with Crippen molar-refractivity contribution in [1.29, 1.82) is 0 Å². The van der Waals surface area contributed by atoms with Gasteiger partial charge in [0.25, 0.3) is 0 Å². The molecule has 2 aromatic rings. The van der Waals surface area contributed by atoms with Crippen molar-refractivity contribution in [3.05, 3.63) is 53.3 Å². The van der Waals surface area contributed by atoms with Crippen molar-refractivity contribution in [2.75, 3.05) is 42.9 Å². The van der Waals surface area contributed by atoms with Crippen LogP contribution in [0, 0.1) is 5.82 Å². The average Bonchev–Trinajstić information content (AvgIpc) is 2.79. The van der Waals surface area contributed by atoms with Gasteiger partial charge in [0, 0.05) is 36.8 Å². The van der Waals surface area contributed by atoms with E-state index in [0.717, 1.165) is 63.4 Å². The number of hydrogen-bond donors (Lipinski definition) is 1. The van der Waals surface area contributed by atoms with Gasteiger partial charge in [0.1, 0.15) is 5.82 Å². The number of piperazine rings is 1. The van der Waals surface area contributed by atoms with E-state index < -0.39 is 0 Å². The Morgan fingerprint density at radius 1 is 1.00 bits per heavy atom. The van der Waals surface area contributed by atoms with Crippen LogP contribution < -0.4 is 10.2 Å². The maximum absolute atomic E-state index is 13.1. The monoisotopic (exact) mass is 439 g/mol. The lowest BCUT2D eigenvalue weighted by atomic mass is 9.91. The summed E-state index contributed by atoms with van der Waals surface area (Å²) in [5.74, 6) is -0.0242. The number of halogens is 1. The van der Waals surface area contributed by atoms with E-state index in [1.807, 2.05) is 12.1 Å². The summed E-state index contributed by atoms with van der Waals surface area (Å²) in [6.07, 6.45) is 6.79. The molecule has 5 rings (SSSR count). The molecule has 0 spiro atoms. The molecule has 0 radical (unpaired) electrons. The van der Waals surface area contributed by atoms with Crippen LogP contribution in [-0.4, -0.2) is 48.8 Å². The molecular formula is C25H30FN3OS. The highest BCUT2D eigenvalue weighted by Crippen LogP contribution is 2.40. The normalized spacial score (nSPS) is 21.4. The summed E-state index contributed by atoms with van der Waals surface area (Å²) in [6.45, 7) is 4.97. The summed E-state index contributed by atoms with van der Waals surface area (Å²) in [4.78, 5) is 18.7. The molecule has 0 bridgehead atoms. The lowest BCUT2D eigenvalue weighted by molar-refractivity contribution is -0.115. The number of nitrogens with zero attached hydrogens (tertiary/aromatic N) is 2. The molecule has 31 heavy (non-hydrogen) atoms. The minimum Gasteiger partial charge on any atom is -0.369 e. The zero-order valence-electron chi connectivity index (χ0n) is 17.9. The van der Waals surface area contributed by atoms with Crippen LogP contribution in [-0.2, 0) is 17.6 Å². The number of rotatable bonds is 5. The van der Waals surface area contributed by atoms with E-state index in [9.17, 15) is 9.18 Å². The van der Waals surface area contributed by atoms with E-state index in [1.54, 1.807) is 11.8 Å². The predicted molar refractivity (Wildman–Crippen MR) is 126 cm³/mol. The molecule has 1 atom stereocenters. The first-order valence-corrected chi connectivity index (χ1v) is 12.4. The summed E-state index contributed by atoms with van der Waals surface area (Å²) in [6, 6.07) is 11.3. The molecule has 0 saturated carbocycles. The first-order chi connectivity index (χ1) is 15.2. The number of carbonyl (C=O) groups excluding carboxylic acids is 1. The molecule has 6 heteroatoms. The van der Waals surface area contributed by atoms with Crippen LogP contribution in [0.3, 0.4) is 0 Å². The third-order valence-electron chi connectivity index (χ3n) is 6.77. The van der Waals surface area contributed by atoms with Crippen molar-refractivity contribution in [2.45, 2.75) is 48.7 Å². The topological polar surface area (TPSA) is 35.6 Å². The molecule has 0 aromatic heterocycles. The number of anilines is 2. The summed E-state index contributed by atoms with van der Waals surface area (Å²) in [5, 5.41) is 3.18. The van der Waals surface area contributed by atoms with E-state index in [2.05, 4.69) is 27.2 Å². The fraction of sp³-hybridized carbons (Fsp3) is 0.480. The van der Waals surface area contributed by atoms with Crippen LogP contribution in [0.25, 0.3) is 0 Å². The van der Waals surface area contributed by atoms with Crippen LogP contribution in [0.4, 0.5) is 15.8 Å². The first-order valence-electron chi connectivity index (χ1n) is 11.5. The minimum atomic E-state index is -0.186. The summed E-state index contributed by atoms with van der Waals surface area (Å²) in [7, 11) is 0. The fourth-order valence-corrected chi connectivity index (χ4v) is 6.15.